The van der Waals surface area contributed by atoms with Crippen LogP contribution in [0, 0.1) is 0 Å². The second-order valence-electron chi connectivity index (χ2n) is 3.75. The van der Waals surface area contributed by atoms with Crippen LogP contribution in [0.25, 0.3) is 0 Å². The van der Waals surface area contributed by atoms with Gasteiger partial charge in [0.2, 0.25) is 0 Å². The lowest BCUT2D eigenvalue weighted by Gasteiger charge is -2.36. The summed E-state index contributed by atoms with van der Waals surface area (Å²) in [5.74, 6) is 0.848. The third kappa shape index (κ3) is 2.17. The molecule has 1 aromatic heterocycles. The first-order valence-corrected chi connectivity index (χ1v) is 5.77. The monoisotopic (exact) mass is 227 g/mol. The van der Waals surface area contributed by atoms with Gasteiger partial charge in [0.1, 0.15) is 0 Å². The summed E-state index contributed by atoms with van der Waals surface area (Å²) in [6, 6.07) is 3.79. The number of hydrogen-bond donors (Lipinski definition) is 0. The van der Waals surface area contributed by atoms with Gasteiger partial charge >= 0.3 is 0 Å². The van der Waals surface area contributed by atoms with Crippen LogP contribution in [0.4, 0.5) is 0 Å². The Balaban J connectivity index is 2.06. The molecule has 0 N–H and O–H groups in total. The fourth-order valence-electron chi connectivity index (χ4n) is 1.78. The molecule has 0 aliphatic heterocycles. The van der Waals surface area contributed by atoms with Gasteiger partial charge in [0.25, 0.3) is 5.91 Å². The molecule has 3 nitrogen and oxygen atoms in total. The Bertz CT molecular complexity index is 319. The van der Waals surface area contributed by atoms with Gasteiger partial charge in [0.05, 0.1) is 6.26 Å². The normalized spacial score (nSPS) is 16.1. The second-order valence-corrected chi connectivity index (χ2v) is 4.13. The number of carbonyl (C=O) groups is 1. The Morgan fingerprint density at radius 1 is 1.60 bits per heavy atom. The molecule has 0 unspecified atom stereocenters. The molecule has 15 heavy (non-hydrogen) atoms. The van der Waals surface area contributed by atoms with Crippen molar-refractivity contribution in [2.24, 2.45) is 0 Å². The van der Waals surface area contributed by atoms with E-state index in [-0.39, 0.29) is 5.91 Å². The number of halogens is 1. The van der Waals surface area contributed by atoms with Gasteiger partial charge < -0.3 is 9.32 Å². The summed E-state index contributed by atoms with van der Waals surface area (Å²) in [4.78, 5) is 13.8. The van der Waals surface area contributed by atoms with E-state index in [1.807, 2.05) is 4.90 Å². The number of nitrogens with zero attached hydrogens (tertiary/aromatic N) is 1. The minimum absolute atomic E-state index is 0.0367. The topological polar surface area (TPSA) is 33.5 Å². The average molecular weight is 228 g/mol. The highest BCUT2D eigenvalue weighted by Crippen LogP contribution is 2.26. The quantitative estimate of drug-likeness (QED) is 0.741. The van der Waals surface area contributed by atoms with Gasteiger partial charge in [-0.3, -0.25) is 4.79 Å². The molecule has 0 atom stereocenters. The minimum atomic E-state index is -0.0367. The molecular weight excluding hydrogens is 214 g/mol. The fourth-order valence-corrected chi connectivity index (χ4v) is 1.96. The van der Waals surface area contributed by atoms with E-state index in [1.165, 1.54) is 12.7 Å². The van der Waals surface area contributed by atoms with Gasteiger partial charge in [-0.05, 0) is 31.4 Å². The van der Waals surface area contributed by atoms with Gasteiger partial charge in [-0.15, -0.1) is 11.6 Å². The predicted molar refractivity (Wildman–Crippen MR) is 58.1 cm³/mol. The average Bonchev–Trinajstić information content (AvgIpc) is 2.66. The van der Waals surface area contributed by atoms with Crippen LogP contribution >= 0.6 is 11.6 Å². The Morgan fingerprint density at radius 2 is 2.40 bits per heavy atom. The van der Waals surface area contributed by atoms with Crippen LogP contribution in [0.1, 0.15) is 29.8 Å². The maximum absolute atomic E-state index is 12.0. The summed E-state index contributed by atoms with van der Waals surface area (Å²) in [7, 11) is 0. The molecule has 0 saturated heterocycles. The van der Waals surface area contributed by atoms with Crippen molar-refractivity contribution in [1.29, 1.82) is 0 Å². The van der Waals surface area contributed by atoms with Crippen LogP contribution in [0.15, 0.2) is 22.8 Å². The highest BCUT2D eigenvalue weighted by molar-refractivity contribution is 6.18. The van der Waals surface area contributed by atoms with E-state index in [9.17, 15) is 4.79 Å². The fraction of sp³-hybridized carbons (Fsp3) is 0.545. The number of alkyl halides is 1. The Kier molecular flexibility index (Phi) is 3.31. The van der Waals surface area contributed by atoms with Crippen LogP contribution in [-0.4, -0.2) is 29.3 Å². The van der Waals surface area contributed by atoms with Gasteiger partial charge in [-0.2, -0.15) is 0 Å². The number of rotatable bonds is 4. The number of hydrogen-bond acceptors (Lipinski definition) is 2. The van der Waals surface area contributed by atoms with E-state index < -0.39 is 0 Å². The number of amides is 1. The Labute approximate surface area is 94.0 Å². The van der Waals surface area contributed by atoms with Crippen LogP contribution in [0.3, 0.4) is 0 Å². The van der Waals surface area contributed by atoms with E-state index in [0.29, 0.717) is 24.2 Å². The van der Waals surface area contributed by atoms with E-state index in [0.717, 1.165) is 12.8 Å². The molecule has 1 aromatic rings. The standard InChI is InChI=1S/C11H14ClNO2/c12-6-7-13(9-3-1-4-9)11(14)10-5-2-8-15-10/h2,5,8-9H,1,3-4,6-7H2. The first kappa shape index (κ1) is 10.6. The largest absolute Gasteiger partial charge is 0.459 e. The van der Waals surface area contributed by atoms with Gasteiger partial charge in [0.15, 0.2) is 5.76 Å². The smallest absolute Gasteiger partial charge is 0.289 e. The zero-order valence-corrected chi connectivity index (χ0v) is 9.24. The first-order valence-electron chi connectivity index (χ1n) is 5.23. The number of furan rings is 1. The third-order valence-corrected chi connectivity index (χ3v) is 3.00. The summed E-state index contributed by atoms with van der Waals surface area (Å²) < 4.78 is 5.11. The Hall–Kier alpha value is -0.960. The molecule has 1 saturated carbocycles. The van der Waals surface area contributed by atoms with Gasteiger partial charge in [0, 0.05) is 18.5 Å². The summed E-state index contributed by atoms with van der Waals surface area (Å²) in [5.41, 5.74) is 0. The molecule has 0 radical (unpaired) electrons. The predicted octanol–water partition coefficient (Wildman–Crippen LogP) is 2.51. The van der Waals surface area contributed by atoms with Gasteiger partial charge in [-0.25, -0.2) is 0 Å². The van der Waals surface area contributed by atoms with Crippen molar-refractivity contribution in [3.05, 3.63) is 24.2 Å². The maximum Gasteiger partial charge on any atom is 0.289 e. The molecule has 4 heteroatoms. The minimum Gasteiger partial charge on any atom is -0.459 e. The lowest BCUT2D eigenvalue weighted by Crippen LogP contribution is -2.45. The molecule has 0 bridgehead atoms. The highest BCUT2D eigenvalue weighted by atomic mass is 35.5. The van der Waals surface area contributed by atoms with E-state index in [4.69, 9.17) is 16.0 Å². The van der Waals surface area contributed by atoms with E-state index >= 15 is 0 Å². The number of carbonyl (C=O) groups excluding carboxylic acids is 1. The molecule has 1 amide bonds. The van der Waals surface area contributed by atoms with Crippen molar-refractivity contribution in [2.45, 2.75) is 25.3 Å². The van der Waals surface area contributed by atoms with E-state index in [1.54, 1.807) is 12.1 Å². The molecule has 0 spiro atoms. The molecule has 2 rings (SSSR count). The lowest BCUT2D eigenvalue weighted by molar-refractivity contribution is 0.0566. The van der Waals surface area contributed by atoms with Crippen molar-refractivity contribution in [1.82, 2.24) is 4.90 Å². The third-order valence-electron chi connectivity index (χ3n) is 2.83. The molecule has 1 fully saturated rings. The molecule has 1 aliphatic rings. The van der Waals surface area contributed by atoms with Crippen LogP contribution in [-0.2, 0) is 0 Å². The zero-order chi connectivity index (χ0) is 10.7. The summed E-state index contributed by atoms with van der Waals surface area (Å²) in [6.45, 7) is 0.603. The van der Waals surface area contributed by atoms with E-state index in [2.05, 4.69) is 0 Å². The Morgan fingerprint density at radius 3 is 2.87 bits per heavy atom. The van der Waals surface area contributed by atoms with Crippen LogP contribution in [0.2, 0.25) is 0 Å². The summed E-state index contributed by atoms with van der Waals surface area (Å²) in [5, 5.41) is 0. The molecule has 82 valence electrons. The van der Waals surface area contributed by atoms with Crippen molar-refractivity contribution in [2.75, 3.05) is 12.4 Å². The first-order chi connectivity index (χ1) is 7.33. The van der Waals surface area contributed by atoms with Crippen LogP contribution < -0.4 is 0 Å². The molecule has 1 aliphatic carbocycles. The zero-order valence-electron chi connectivity index (χ0n) is 8.49. The van der Waals surface area contributed by atoms with Crippen molar-refractivity contribution >= 4 is 17.5 Å². The van der Waals surface area contributed by atoms with Gasteiger partial charge in [-0.1, -0.05) is 0 Å². The maximum atomic E-state index is 12.0. The van der Waals surface area contributed by atoms with Crippen molar-refractivity contribution in [3.63, 3.8) is 0 Å². The van der Waals surface area contributed by atoms with Crippen molar-refractivity contribution < 1.29 is 9.21 Å². The highest BCUT2D eigenvalue weighted by Gasteiger charge is 2.29. The van der Waals surface area contributed by atoms with Crippen molar-refractivity contribution in [3.8, 4) is 0 Å². The van der Waals surface area contributed by atoms with Crippen LogP contribution in [0.5, 0.6) is 0 Å². The SMILES string of the molecule is O=C(c1ccco1)N(CCCl)C1CCC1. The summed E-state index contributed by atoms with van der Waals surface area (Å²) >= 11 is 5.70. The lowest BCUT2D eigenvalue weighted by atomic mass is 9.91. The summed E-state index contributed by atoms with van der Waals surface area (Å²) in [6.07, 6.45) is 4.90. The molecule has 0 aromatic carbocycles. The second kappa shape index (κ2) is 4.71. The molecule has 1 heterocycles. The molecular formula is C11H14ClNO2.